The molecule has 0 radical (unpaired) electrons. The molecule has 0 spiro atoms. The molecule has 0 aromatic heterocycles. The molecule has 1 saturated carbocycles. The van der Waals surface area contributed by atoms with Crippen molar-refractivity contribution in [3.05, 3.63) is 26.3 Å². The predicted molar refractivity (Wildman–Crippen MR) is 80.8 cm³/mol. The molecule has 2 rings (SSSR count). The fraction of sp³-hybridized carbons (Fsp3) is 0.462. The molecule has 110 valence electrons. The van der Waals surface area contributed by atoms with Gasteiger partial charge in [0.2, 0.25) is 0 Å². The maximum atomic E-state index is 12.6. The number of halogens is 4. The van der Waals surface area contributed by atoms with Gasteiger partial charge in [-0.3, -0.25) is 4.79 Å². The lowest BCUT2D eigenvalue weighted by Crippen LogP contribution is -2.37. The van der Waals surface area contributed by atoms with Gasteiger partial charge in [0, 0.05) is 9.61 Å². The molecule has 1 amide bonds. The molecule has 0 aliphatic heterocycles. The van der Waals surface area contributed by atoms with Gasteiger partial charge in [0.05, 0.1) is 24.2 Å². The Morgan fingerprint density at radius 2 is 2.20 bits per heavy atom. The molecule has 1 fully saturated rings. The molecule has 1 aliphatic carbocycles. The molecule has 0 unspecified atom stereocenters. The van der Waals surface area contributed by atoms with Gasteiger partial charge in [-0.1, -0.05) is 11.6 Å². The number of benzene rings is 1. The first-order chi connectivity index (χ1) is 9.43. The Kier molecular flexibility index (Phi) is 5.06. The third-order valence-corrected chi connectivity index (χ3v) is 4.58. The molecule has 0 saturated heterocycles. The van der Waals surface area contributed by atoms with Gasteiger partial charge in [-0.25, -0.2) is 8.78 Å². The van der Waals surface area contributed by atoms with Gasteiger partial charge in [0.15, 0.2) is 0 Å². The molecule has 0 atom stereocenters. The molecule has 0 heterocycles. The summed E-state index contributed by atoms with van der Waals surface area (Å²) in [6, 6.07) is 3.01. The highest BCUT2D eigenvalue weighted by atomic mass is 127. The van der Waals surface area contributed by atoms with Crippen LogP contribution in [0.2, 0.25) is 5.02 Å². The van der Waals surface area contributed by atoms with Gasteiger partial charge in [0.1, 0.15) is 5.75 Å². The van der Waals surface area contributed by atoms with Crippen LogP contribution in [0.1, 0.15) is 23.2 Å². The van der Waals surface area contributed by atoms with Gasteiger partial charge < -0.3 is 9.64 Å². The fourth-order valence-electron chi connectivity index (χ4n) is 1.95. The van der Waals surface area contributed by atoms with Gasteiger partial charge >= 0.3 is 0 Å². The van der Waals surface area contributed by atoms with E-state index in [1.165, 1.54) is 18.1 Å². The van der Waals surface area contributed by atoms with Crippen molar-refractivity contribution in [3.8, 4) is 5.75 Å². The van der Waals surface area contributed by atoms with Crippen LogP contribution in [0.4, 0.5) is 8.78 Å². The molecule has 0 bridgehead atoms. The summed E-state index contributed by atoms with van der Waals surface area (Å²) in [4.78, 5) is 13.7. The number of carbonyl (C=O) groups excluding carboxylic acids is 1. The molecule has 1 aromatic rings. The van der Waals surface area contributed by atoms with Crippen molar-refractivity contribution in [2.75, 3.05) is 13.7 Å². The SMILES string of the molecule is COc1cc(I)c(Cl)cc1C(=O)N(CC(F)F)C1CC1. The van der Waals surface area contributed by atoms with E-state index in [-0.39, 0.29) is 11.6 Å². The molecule has 20 heavy (non-hydrogen) atoms. The Morgan fingerprint density at radius 1 is 1.55 bits per heavy atom. The Balaban J connectivity index is 2.33. The normalized spacial score (nSPS) is 14.5. The number of ether oxygens (including phenoxy) is 1. The summed E-state index contributed by atoms with van der Waals surface area (Å²) in [6.45, 7) is -0.559. The number of nitrogens with zero attached hydrogens (tertiary/aromatic N) is 1. The second kappa shape index (κ2) is 6.43. The smallest absolute Gasteiger partial charge is 0.258 e. The number of hydrogen-bond donors (Lipinski definition) is 0. The first-order valence-corrected chi connectivity index (χ1v) is 7.52. The Hall–Kier alpha value is -0.630. The molecular weight excluding hydrogens is 403 g/mol. The summed E-state index contributed by atoms with van der Waals surface area (Å²) in [7, 11) is 1.44. The second-order valence-electron chi connectivity index (χ2n) is 4.55. The number of methoxy groups -OCH3 is 1. The summed E-state index contributed by atoms with van der Waals surface area (Å²) >= 11 is 8.03. The van der Waals surface area contributed by atoms with Crippen LogP contribution < -0.4 is 4.74 Å². The minimum atomic E-state index is -2.55. The zero-order chi connectivity index (χ0) is 14.9. The molecule has 7 heteroatoms. The lowest BCUT2D eigenvalue weighted by atomic mass is 10.1. The van der Waals surface area contributed by atoms with Crippen molar-refractivity contribution in [1.29, 1.82) is 0 Å². The fourth-order valence-corrected chi connectivity index (χ4v) is 2.55. The maximum Gasteiger partial charge on any atom is 0.258 e. The Bertz CT molecular complexity index is 523. The Labute approximate surface area is 134 Å². The van der Waals surface area contributed by atoms with E-state index < -0.39 is 18.9 Å². The van der Waals surface area contributed by atoms with Crippen molar-refractivity contribution in [1.82, 2.24) is 4.90 Å². The first kappa shape index (κ1) is 15.8. The average molecular weight is 416 g/mol. The minimum absolute atomic E-state index is 0.0979. The van der Waals surface area contributed by atoms with Crippen LogP contribution in [0.15, 0.2) is 12.1 Å². The van der Waals surface area contributed by atoms with Crippen molar-refractivity contribution >= 4 is 40.1 Å². The minimum Gasteiger partial charge on any atom is -0.496 e. The van der Waals surface area contributed by atoms with Crippen LogP contribution in [0.3, 0.4) is 0 Å². The summed E-state index contributed by atoms with van der Waals surface area (Å²) in [5.74, 6) is -0.105. The average Bonchev–Trinajstić information content (AvgIpc) is 3.22. The van der Waals surface area contributed by atoms with Gasteiger partial charge in [-0.2, -0.15) is 0 Å². The largest absolute Gasteiger partial charge is 0.496 e. The second-order valence-corrected chi connectivity index (χ2v) is 6.12. The van der Waals surface area contributed by atoms with Crippen molar-refractivity contribution in [3.63, 3.8) is 0 Å². The summed E-state index contributed by atoms with van der Waals surface area (Å²) in [6.07, 6.45) is -1.03. The highest BCUT2D eigenvalue weighted by Crippen LogP contribution is 2.33. The van der Waals surface area contributed by atoms with Crippen LogP contribution in [-0.4, -0.2) is 36.9 Å². The zero-order valence-electron chi connectivity index (χ0n) is 10.7. The van der Waals surface area contributed by atoms with Crippen LogP contribution in [0.5, 0.6) is 5.75 Å². The number of rotatable bonds is 5. The van der Waals surface area contributed by atoms with Crippen molar-refractivity contribution < 1.29 is 18.3 Å². The number of hydrogen-bond acceptors (Lipinski definition) is 2. The third kappa shape index (κ3) is 3.52. The standard InChI is InChI=1S/C13H13ClF2INO2/c1-20-11-5-10(17)9(14)4-8(11)13(19)18(6-12(15)16)7-2-3-7/h4-5,7,12H,2-3,6H2,1H3. The van der Waals surface area contributed by atoms with Crippen LogP contribution in [-0.2, 0) is 0 Å². The number of amides is 1. The maximum absolute atomic E-state index is 12.6. The molecular formula is C13H13ClF2INO2. The lowest BCUT2D eigenvalue weighted by molar-refractivity contribution is 0.0531. The van der Waals surface area contributed by atoms with Gasteiger partial charge in [-0.15, -0.1) is 0 Å². The van der Waals surface area contributed by atoms with E-state index in [1.54, 1.807) is 6.07 Å². The van der Waals surface area contributed by atoms with Crippen LogP contribution in [0, 0.1) is 3.57 Å². The summed E-state index contributed by atoms with van der Waals surface area (Å²) < 4.78 is 31.1. The highest BCUT2D eigenvalue weighted by molar-refractivity contribution is 14.1. The monoisotopic (exact) mass is 415 g/mol. The van der Waals surface area contributed by atoms with Crippen molar-refractivity contribution in [2.45, 2.75) is 25.3 Å². The predicted octanol–water partition coefficient (Wildman–Crippen LogP) is 3.82. The molecule has 1 aliphatic rings. The van der Waals surface area contributed by atoms with E-state index >= 15 is 0 Å². The molecule has 1 aromatic carbocycles. The van der Waals surface area contributed by atoms with Gasteiger partial charge in [0.25, 0.3) is 12.3 Å². The Morgan fingerprint density at radius 3 is 2.70 bits per heavy atom. The van der Waals surface area contributed by atoms with E-state index in [4.69, 9.17) is 16.3 Å². The third-order valence-electron chi connectivity index (χ3n) is 3.06. The van der Waals surface area contributed by atoms with E-state index in [0.717, 1.165) is 16.4 Å². The van der Waals surface area contributed by atoms with Crippen molar-refractivity contribution in [2.24, 2.45) is 0 Å². The summed E-state index contributed by atoms with van der Waals surface area (Å²) in [5.41, 5.74) is 0.227. The van der Waals surface area contributed by atoms with Crippen LogP contribution in [0.25, 0.3) is 0 Å². The van der Waals surface area contributed by atoms with E-state index in [0.29, 0.717) is 10.8 Å². The number of carbonyl (C=O) groups is 1. The lowest BCUT2D eigenvalue weighted by Gasteiger charge is -2.23. The zero-order valence-corrected chi connectivity index (χ0v) is 13.6. The molecule has 3 nitrogen and oxygen atoms in total. The van der Waals surface area contributed by atoms with Crippen LogP contribution >= 0.6 is 34.2 Å². The van der Waals surface area contributed by atoms with Gasteiger partial charge in [-0.05, 0) is 47.6 Å². The molecule has 0 N–H and O–H groups in total. The van der Waals surface area contributed by atoms with E-state index in [1.807, 2.05) is 22.6 Å². The topological polar surface area (TPSA) is 29.5 Å². The summed E-state index contributed by atoms with van der Waals surface area (Å²) in [5, 5.41) is 0.405. The highest BCUT2D eigenvalue weighted by Gasteiger charge is 2.35. The first-order valence-electron chi connectivity index (χ1n) is 6.06. The quantitative estimate of drug-likeness (QED) is 0.684. The number of alkyl halides is 2. The van der Waals surface area contributed by atoms with E-state index in [9.17, 15) is 13.6 Å². The van der Waals surface area contributed by atoms with E-state index in [2.05, 4.69) is 0 Å².